The third kappa shape index (κ3) is 5.11. The van der Waals surface area contributed by atoms with Crippen molar-refractivity contribution in [1.82, 2.24) is 14.9 Å². The Morgan fingerprint density at radius 3 is 2.72 bits per heavy atom. The van der Waals surface area contributed by atoms with Gasteiger partial charge in [0, 0.05) is 24.7 Å². The lowest BCUT2D eigenvalue weighted by atomic mass is 10.1. The van der Waals surface area contributed by atoms with Crippen molar-refractivity contribution in [3.8, 4) is 5.75 Å². The standard InChI is InChI=1S/C19H29N3O3/c1-6-7-10-22-13-14(8-9-21-18(23)25-19(2,3)4)17-15(22)11-20-12-16(17)24-5/h11-13H,6-10H2,1-5H3,(H,21,23). The topological polar surface area (TPSA) is 65.4 Å². The Bertz CT molecular complexity index is 717. The van der Waals surface area contributed by atoms with E-state index in [1.54, 1.807) is 13.3 Å². The maximum atomic E-state index is 11.8. The van der Waals surface area contributed by atoms with Crippen molar-refractivity contribution >= 4 is 17.0 Å². The second-order valence-electron chi connectivity index (χ2n) is 7.12. The van der Waals surface area contributed by atoms with E-state index >= 15 is 0 Å². The molecular weight excluding hydrogens is 318 g/mol. The zero-order valence-electron chi connectivity index (χ0n) is 15.9. The fraction of sp³-hybridized carbons (Fsp3) is 0.579. The summed E-state index contributed by atoms with van der Waals surface area (Å²) in [7, 11) is 1.66. The lowest BCUT2D eigenvalue weighted by molar-refractivity contribution is 0.0528. The van der Waals surface area contributed by atoms with Gasteiger partial charge in [0.25, 0.3) is 0 Å². The molecule has 6 nitrogen and oxygen atoms in total. The van der Waals surface area contributed by atoms with Gasteiger partial charge in [0.05, 0.1) is 25.0 Å². The maximum Gasteiger partial charge on any atom is 0.407 e. The van der Waals surface area contributed by atoms with Crippen LogP contribution in [0.4, 0.5) is 4.79 Å². The number of amides is 1. The van der Waals surface area contributed by atoms with E-state index < -0.39 is 11.7 Å². The van der Waals surface area contributed by atoms with E-state index in [9.17, 15) is 4.79 Å². The zero-order valence-corrected chi connectivity index (χ0v) is 15.9. The average Bonchev–Trinajstić information content (AvgIpc) is 2.89. The number of carbonyl (C=O) groups is 1. The third-order valence-electron chi connectivity index (χ3n) is 3.87. The maximum absolute atomic E-state index is 11.8. The Morgan fingerprint density at radius 2 is 2.08 bits per heavy atom. The van der Waals surface area contributed by atoms with Gasteiger partial charge >= 0.3 is 6.09 Å². The summed E-state index contributed by atoms with van der Waals surface area (Å²) in [5.74, 6) is 0.764. The minimum atomic E-state index is -0.491. The molecule has 2 rings (SSSR count). The van der Waals surface area contributed by atoms with Crippen LogP contribution in [-0.2, 0) is 17.7 Å². The predicted molar refractivity (Wildman–Crippen MR) is 99.1 cm³/mol. The summed E-state index contributed by atoms with van der Waals surface area (Å²) in [4.78, 5) is 16.1. The summed E-state index contributed by atoms with van der Waals surface area (Å²) in [5, 5.41) is 3.88. The fourth-order valence-corrected chi connectivity index (χ4v) is 2.76. The number of unbranched alkanes of at least 4 members (excludes halogenated alkanes) is 1. The Morgan fingerprint density at radius 1 is 1.32 bits per heavy atom. The van der Waals surface area contributed by atoms with Crippen molar-refractivity contribution in [2.45, 2.75) is 59.1 Å². The van der Waals surface area contributed by atoms with Crippen molar-refractivity contribution in [3.05, 3.63) is 24.2 Å². The highest BCUT2D eigenvalue weighted by molar-refractivity contribution is 5.89. The molecule has 25 heavy (non-hydrogen) atoms. The fourth-order valence-electron chi connectivity index (χ4n) is 2.76. The van der Waals surface area contributed by atoms with Crippen LogP contribution in [0.5, 0.6) is 5.75 Å². The molecule has 138 valence electrons. The molecule has 2 aromatic rings. The van der Waals surface area contributed by atoms with Gasteiger partial charge in [-0.1, -0.05) is 13.3 Å². The van der Waals surface area contributed by atoms with Gasteiger partial charge in [0.15, 0.2) is 0 Å². The van der Waals surface area contributed by atoms with Crippen LogP contribution in [0.3, 0.4) is 0 Å². The summed E-state index contributed by atoms with van der Waals surface area (Å²) in [6.45, 7) is 9.19. The van der Waals surface area contributed by atoms with Crippen molar-refractivity contribution in [2.75, 3.05) is 13.7 Å². The highest BCUT2D eigenvalue weighted by atomic mass is 16.6. The zero-order chi connectivity index (χ0) is 18.4. The summed E-state index contributed by atoms with van der Waals surface area (Å²) >= 11 is 0. The van der Waals surface area contributed by atoms with Gasteiger partial charge in [0.1, 0.15) is 11.4 Å². The van der Waals surface area contributed by atoms with Crippen LogP contribution >= 0.6 is 0 Å². The van der Waals surface area contributed by atoms with E-state index in [0.29, 0.717) is 13.0 Å². The SMILES string of the molecule is CCCCn1cc(CCNC(=O)OC(C)(C)C)c2c(OC)cncc21. The Hall–Kier alpha value is -2.24. The third-order valence-corrected chi connectivity index (χ3v) is 3.87. The van der Waals surface area contributed by atoms with Crippen LogP contribution in [0.1, 0.15) is 46.1 Å². The molecule has 0 aliphatic carbocycles. The molecule has 0 saturated heterocycles. The molecule has 2 heterocycles. The number of carbonyl (C=O) groups excluding carboxylic acids is 1. The lowest BCUT2D eigenvalue weighted by Gasteiger charge is -2.19. The minimum absolute atomic E-state index is 0.393. The first-order valence-electron chi connectivity index (χ1n) is 8.82. The first-order chi connectivity index (χ1) is 11.9. The molecule has 2 aromatic heterocycles. The summed E-state index contributed by atoms with van der Waals surface area (Å²) in [6.07, 6.45) is 8.30. The first kappa shape index (κ1) is 19.1. The monoisotopic (exact) mass is 347 g/mol. The van der Waals surface area contributed by atoms with E-state index in [1.807, 2.05) is 27.0 Å². The molecule has 0 saturated carbocycles. The summed E-state index contributed by atoms with van der Waals surface area (Å²) in [6, 6.07) is 0. The van der Waals surface area contributed by atoms with Crippen molar-refractivity contribution in [2.24, 2.45) is 0 Å². The number of ether oxygens (including phenoxy) is 2. The highest BCUT2D eigenvalue weighted by Gasteiger charge is 2.17. The second kappa shape index (κ2) is 8.23. The molecule has 1 amide bonds. The molecule has 0 atom stereocenters. The average molecular weight is 347 g/mol. The van der Waals surface area contributed by atoms with Crippen LogP contribution in [0.15, 0.2) is 18.6 Å². The number of aromatic nitrogens is 2. The molecule has 6 heteroatoms. The number of fused-ring (bicyclic) bond motifs is 1. The van der Waals surface area contributed by atoms with Gasteiger partial charge in [-0.15, -0.1) is 0 Å². The van der Waals surface area contributed by atoms with Gasteiger partial charge in [-0.2, -0.15) is 0 Å². The molecule has 0 unspecified atom stereocenters. The van der Waals surface area contributed by atoms with Gasteiger partial charge in [-0.25, -0.2) is 4.79 Å². The number of pyridine rings is 1. The van der Waals surface area contributed by atoms with Gasteiger partial charge in [-0.05, 0) is 39.2 Å². The number of nitrogens with one attached hydrogen (secondary N) is 1. The van der Waals surface area contributed by atoms with Crippen LogP contribution in [0, 0.1) is 0 Å². The molecule has 0 spiro atoms. The van der Waals surface area contributed by atoms with Crippen molar-refractivity contribution < 1.29 is 14.3 Å². The molecular formula is C19H29N3O3. The van der Waals surface area contributed by atoms with E-state index in [1.165, 1.54) is 0 Å². The first-order valence-corrected chi connectivity index (χ1v) is 8.82. The molecule has 0 aliphatic rings. The Balaban J connectivity index is 2.15. The van der Waals surface area contributed by atoms with Crippen LogP contribution in [-0.4, -0.2) is 34.9 Å². The van der Waals surface area contributed by atoms with Crippen LogP contribution in [0.2, 0.25) is 0 Å². The Labute approximate surface area is 149 Å². The van der Waals surface area contributed by atoms with E-state index in [2.05, 4.69) is 28.0 Å². The Kier molecular flexibility index (Phi) is 6.28. The molecule has 0 aromatic carbocycles. The molecule has 0 fully saturated rings. The van der Waals surface area contributed by atoms with E-state index in [-0.39, 0.29) is 0 Å². The molecule has 0 radical (unpaired) electrons. The number of alkyl carbamates (subject to hydrolysis) is 1. The number of nitrogens with zero attached hydrogens (tertiary/aromatic N) is 2. The predicted octanol–water partition coefficient (Wildman–Crippen LogP) is 3.91. The normalized spacial score (nSPS) is 11.6. The number of methoxy groups -OCH3 is 1. The van der Waals surface area contributed by atoms with E-state index in [0.717, 1.165) is 41.6 Å². The van der Waals surface area contributed by atoms with Gasteiger partial charge in [0.2, 0.25) is 0 Å². The second-order valence-corrected chi connectivity index (χ2v) is 7.12. The minimum Gasteiger partial charge on any atom is -0.494 e. The van der Waals surface area contributed by atoms with E-state index in [4.69, 9.17) is 9.47 Å². The highest BCUT2D eigenvalue weighted by Crippen LogP contribution is 2.30. The summed E-state index contributed by atoms with van der Waals surface area (Å²) < 4.78 is 13.0. The largest absolute Gasteiger partial charge is 0.494 e. The van der Waals surface area contributed by atoms with Crippen molar-refractivity contribution in [1.29, 1.82) is 0 Å². The van der Waals surface area contributed by atoms with Crippen LogP contribution in [0.25, 0.3) is 10.9 Å². The molecule has 0 aliphatic heterocycles. The van der Waals surface area contributed by atoms with Crippen LogP contribution < -0.4 is 10.1 Å². The number of hydrogen-bond acceptors (Lipinski definition) is 4. The smallest absolute Gasteiger partial charge is 0.407 e. The van der Waals surface area contributed by atoms with Gasteiger partial charge in [-0.3, -0.25) is 4.98 Å². The summed E-state index contributed by atoms with van der Waals surface area (Å²) in [5.41, 5.74) is 1.72. The molecule has 0 bridgehead atoms. The number of aryl methyl sites for hydroxylation is 1. The number of hydrogen-bond donors (Lipinski definition) is 1. The molecule has 1 N–H and O–H groups in total. The van der Waals surface area contributed by atoms with Crippen molar-refractivity contribution in [3.63, 3.8) is 0 Å². The van der Waals surface area contributed by atoms with Gasteiger partial charge < -0.3 is 19.4 Å². The quantitative estimate of drug-likeness (QED) is 0.824. The lowest BCUT2D eigenvalue weighted by Crippen LogP contribution is -2.33. The number of rotatable bonds is 7.